The third kappa shape index (κ3) is 2.69. The molecule has 2 aromatic carbocycles. The lowest BCUT2D eigenvalue weighted by atomic mass is 9.49. The van der Waals surface area contributed by atoms with Crippen LogP contribution in [0.4, 0.5) is 5.69 Å². The molecule has 0 spiro atoms. The zero-order valence-corrected chi connectivity index (χ0v) is 16.7. The van der Waals surface area contributed by atoms with Crippen LogP contribution in [-0.4, -0.2) is 10.9 Å². The molecule has 0 atom stereocenters. The summed E-state index contributed by atoms with van der Waals surface area (Å²) in [5, 5.41) is 4.28. The van der Waals surface area contributed by atoms with Gasteiger partial charge in [-0.25, -0.2) is 4.98 Å². The average molecular weight is 389 g/mol. The maximum Gasteiger partial charge on any atom is 0.230 e. The molecule has 0 radical (unpaired) electrons. The highest BCUT2D eigenvalue weighted by atomic mass is 32.1. The molecule has 4 heteroatoms. The molecule has 0 saturated heterocycles. The molecule has 1 N–H and O–H groups in total. The Morgan fingerprint density at radius 1 is 0.929 bits per heavy atom. The van der Waals surface area contributed by atoms with E-state index in [1.165, 1.54) is 24.0 Å². The van der Waals surface area contributed by atoms with E-state index in [9.17, 15) is 4.79 Å². The Bertz CT molecular complexity index is 984. The second-order valence-corrected chi connectivity index (χ2v) is 10.2. The number of thiazole rings is 1. The van der Waals surface area contributed by atoms with Crippen LogP contribution < -0.4 is 5.32 Å². The Balaban J connectivity index is 1.21. The number of carbonyl (C=O) groups is 1. The minimum Gasteiger partial charge on any atom is -0.326 e. The Hall–Kier alpha value is -2.20. The van der Waals surface area contributed by atoms with Gasteiger partial charge in [0.2, 0.25) is 5.91 Å². The minimum absolute atomic E-state index is 0.0968. The van der Waals surface area contributed by atoms with Crippen LogP contribution in [0.25, 0.3) is 20.8 Å². The van der Waals surface area contributed by atoms with Crippen LogP contribution in [-0.2, 0) is 4.79 Å². The number of rotatable bonds is 3. The number of nitrogens with one attached hydrogen (secondary N) is 1. The van der Waals surface area contributed by atoms with Crippen molar-refractivity contribution >= 4 is 33.1 Å². The quantitative estimate of drug-likeness (QED) is 0.587. The van der Waals surface area contributed by atoms with Gasteiger partial charge in [-0.3, -0.25) is 4.79 Å². The van der Waals surface area contributed by atoms with Crippen LogP contribution in [0.1, 0.15) is 38.5 Å². The van der Waals surface area contributed by atoms with Crippen molar-refractivity contribution in [2.45, 2.75) is 38.5 Å². The Morgan fingerprint density at radius 3 is 2.21 bits per heavy atom. The molecule has 3 nitrogen and oxygen atoms in total. The topological polar surface area (TPSA) is 42.0 Å². The van der Waals surface area contributed by atoms with Crippen molar-refractivity contribution in [1.82, 2.24) is 4.98 Å². The molecule has 1 amide bonds. The van der Waals surface area contributed by atoms with Crippen molar-refractivity contribution < 1.29 is 4.79 Å². The summed E-state index contributed by atoms with van der Waals surface area (Å²) < 4.78 is 1.21. The first-order valence-electron chi connectivity index (χ1n) is 10.4. The molecule has 4 saturated carbocycles. The fourth-order valence-electron chi connectivity index (χ4n) is 6.34. The van der Waals surface area contributed by atoms with E-state index in [4.69, 9.17) is 4.98 Å². The number of anilines is 1. The Morgan fingerprint density at radius 2 is 1.57 bits per heavy atom. The molecular formula is C24H24N2OS. The van der Waals surface area contributed by atoms with E-state index in [-0.39, 0.29) is 11.3 Å². The summed E-state index contributed by atoms with van der Waals surface area (Å²) in [5.41, 5.74) is 2.96. The third-order valence-electron chi connectivity index (χ3n) is 7.20. The first-order valence-corrected chi connectivity index (χ1v) is 11.3. The summed E-state index contributed by atoms with van der Waals surface area (Å²) >= 11 is 1.71. The van der Waals surface area contributed by atoms with Gasteiger partial charge >= 0.3 is 0 Å². The van der Waals surface area contributed by atoms with E-state index in [0.717, 1.165) is 58.8 Å². The molecule has 4 bridgehead atoms. The van der Waals surface area contributed by atoms with Crippen molar-refractivity contribution in [2.75, 3.05) is 5.32 Å². The van der Waals surface area contributed by atoms with Crippen molar-refractivity contribution in [1.29, 1.82) is 0 Å². The summed E-state index contributed by atoms with van der Waals surface area (Å²) in [4.78, 5) is 17.9. The van der Waals surface area contributed by atoms with Gasteiger partial charge in [-0.1, -0.05) is 12.1 Å². The van der Waals surface area contributed by atoms with Gasteiger partial charge in [0.15, 0.2) is 0 Å². The monoisotopic (exact) mass is 388 g/mol. The van der Waals surface area contributed by atoms with E-state index in [1.807, 2.05) is 24.3 Å². The molecule has 1 heterocycles. The van der Waals surface area contributed by atoms with Gasteiger partial charge in [-0.2, -0.15) is 0 Å². The second kappa shape index (κ2) is 6.15. The van der Waals surface area contributed by atoms with Gasteiger partial charge in [-0.15, -0.1) is 11.3 Å². The molecule has 4 aliphatic rings. The van der Waals surface area contributed by atoms with Gasteiger partial charge in [0, 0.05) is 11.3 Å². The van der Waals surface area contributed by atoms with Gasteiger partial charge in [0.05, 0.1) is 15.6 Å². The van der Waals surface area contributed by atoms with Gasteiger partial charge in [0.1, 0.15) is 5.01 Å². The summed E-state index contributed by atoms with van der Waals surface area (Å²) in [7, 11) is 0. The number of amides is 1. The maximum atomic E-state index is 13.2. The molecule has 7 rings (SSSR count). The van der Waals surface area contributed by atoms with Gasteiger partial charge in [-0.05, 0) is 92.7 Å². The molecule has 0 unspecified atom stereocenters. The zero-order valence-electron chi connectivity index (χ0n) is 15.9. The van der Waals surface area contributed by atoms with Gasteiger partial charge < -0.3 is 5.32 Å². The molecule has 0 aliphatic heterocycles. The summed E-state index contributed by atoms with van der Waals surface area (Å²) in [6.45, 7) is 0. The number of carbonyl (C=O) groups excluding carboxylic acids is 1. The Kier molecular flexibility index (Phi) is 3.67. The molecule has 4 fully saturated rings. The van der Waals surface area contributed by atoms with Crippen LogP contribution >= 0.6 is 11.3 Å². The molecule has 4 aliphatic carbocycles. The fraction of sp³-hybridized carbons (Fsp3) is 0.417. The number of hydrogen-bond donors (Lipinski definition) is 1. The maximum absolute atomic E-state index is 13.2. The highest BCUT2D eigenvalue weighted by Crippen LogP contribution is 2.60. The number of aromatic nitrogens is 1. The van der Waals surface area contributed by atoms with E-state index < -0.39 is 0 Å². The normalized spacial score (nSPS) is 30.6. The molecule has 28 heavy (non-hydrogen) atoms. The average Bonchev–Trinajstić information content (AvgIpc) is 3.12. The van der Waals surface area contributed by atoms with Crippen LogP contribution in [0.15, 0.2) is 48.5 Å². The summed E-state index contributed by atoms with van der Waals surface area (Å²) in [6, 6.07) is 16.4. The molecular weight excluding hydrogens is 364 g/mol. The van der Waals surface area contributed by atoms with E-state index in [0.29, 0.717) is 0 Å². The predicted molar refractivity (Wildman–Crippen MR) is 114 cm³/mol. The number of hydrogen-bond acceptors (Lipinski definition) is 3. The molecule has 1 aromatic heterocycles. The lowest BCUT2D eigenvalue weighted by Gasteiger charge is -2.55. The third-order valence-corrected chi connectivity index (χ3v) is 8.29. The second-order valence-electron chi connectivity index (χ2n) is 9.22. The van der Waals surface area contributed by atoms with E-state index in [2.05, 4.69) is 29.6 Å². The summed E-state index contributed by atoms with van der Waals surface area (Å²) in [6.07, 6.45) is 7.41. The number of nitrogens with zero attached hydrogens (tertiary/aromatic N) is 1. The highest BCUT2D eigenvalue weighted by molar-refractivity contribution is 7.21. The van der Waals surface area contributed by atoms with E-state index in [1.54, 1.807) is 11.3 Å². The summed E-state index contributed by atoms with van der Waals surface area (Å²) in [5.74, 6) is 2.63. The predicted octanol–water partition coefficient (Wildman–Crippen LogP) is 6.12. The molecule has 3 aromatic rings. The smallest absolute Gasteiger partial charge is 0.230 e. The minimum atomic E-state index is -0.0968. The zero-order chi connectivity index (χ0) is 18.7. The Labute approximate surface area is 169 Å². The van der Waals surface area contributed by atoms with Crippen molar-refractivity contribution in [3.8, 4) is 10.6 Å². The fourth-order valence-corrected chi connectivity index (χ4v) is 7.32. The van der Waals surface area contributed by atoms with Crippen LogP contribution in [0.3, 0.4) is 0 Å². The number of para-hydroxylation sites is 1. The van der Waals surface area contributed by atoms with Crippen molar-refractivity contribution in [3.05, 3.63) is 48.5 Å². The lowest BCUT2D eigenvalue weighted by Crippen LogP contribution is -2.51. The lowest BCUT2D eigenvalue weighted by molar-refractivity contribution is -0.140. The first-order chi connectivity index (χ1) is 13.7. The number of benzene rings is 2. The van der Waals surface area contributed by atoms with Crippen LogP contribution in [0, 0.1) is 23.2 Å². The molecule has 142 valence electrons. The standard InChI is InChI=1S/C24H24N2OS/c27-23(24-12-15-9-16(13-24)11-17(10-15)14-24)25-19-7-5-18(6-8-19)22-26-20-3-1-2-4-21(20)28-22/h1-8,15-17H,9-14H2,(H,25,27). The number of fused-ring (bicyclic) bond motifs is 1. The highest BCUT2D eigenvalue weighted by Gasteiger charge is 2.54. The largest absolute Gasteiger partial charge is 0.326 e. The SMILES string of the molecule is O=C(Nc1ccc(-c2nc3ccccc3s2)cc1)C12CC3CC(CC(C3)C1)C2. The van der Waals surface area contributed by atoms with Gasteiger partial charge in [0.25, 0.3) is 0 Å². The first kappa shape index (κ1) is 16.7. The van der Waals surface area contributed by atoms with Crippen LogP contribution in [0.5, 0.6) is 0 Å². The van der Waals surface area contributed by atoms with Crippen molar-refractivity contribution in [3.63, 3.8) is 0 Å². The van der Waals surface area contributed by atoms with E-state index >= 15 is 0 Å². The van der Waals surface area contributed by atoms with Crippen LogP contribution in [0.2, 0.25) is 0 Å². The van der Waals surface area contributed by atoms with Crippen molar-refractivity contribution in [2.24, 2.45) is 23.2 Å².